The number of hydrogen-bond acceptors (Lipinski definition) is 2. The second-order valence-electron chi connectivity index (χ2n) is 5.92. The smallest absolute Gasteiger partial charge is 0.408 e. The molecule has 22 heavy (non-hydrogen) atoms. The van der Waals surface area contributed by atoms with Gasteiger partial charge in [0.2, 0.25) is 0 Å². The van der Waals surface area contributed by atoms with Crippen molar-refractivity contribution in [3.05, 3.63) is 29.6 Å². The van der Waals surface area contributed by atoms with Gasteiger partial charge in [0, 0.05) is 17.5 Å². The molecular weight excluding hydrogens is 285 g/mol. The first kappa shape index (κ1) is 17.8. The molecule has 0 spiro atoms. The van der Waals surface area contributed by atoms with E-state index in [0.29, 0.717) is 19.4 Å². The first-order valence-corrected chi connectivity index (χ1v) is 7.11. The summed E-state index contributed by atoms with van der Waals surface area (Å²) in [7, 11) is 0. The molecular formula is C17H22FNO3. The summed E-state index contributed by atoms with van der Waals surface area (Å²) < 4.78 is 19.8. The van der Waals surface area contributed by atoms with Gasteiger partial charge in [0.25, 0.3) is 0 Å². The number of carboxylic acid groups (broad SMARTS) is 1. The van der Waals surface area contributed by atoms with Gasteiger partial charge in [0.05, 0.1) is 13.2 Å². The Hall–Kier alpha value is -2.22. The number of halogens is 1. The molecule has 0 heterocycles. The average Bonchev–Trinajstić information content (AvgIpc) is 2.42. The van der Waals surface area contributed by atoms with Crippen LogP contribution in [-0.4, -0.2) is 28.2 Å². The van der Waals surface area contributed by atoms with Crippen LogP contribution in [0.25, 0.3) is 0 Å². The SMILES string of the molecule is C#CCCCOc1cccc(CN(C(=O)O)C(C)(C)C)c1F. The molecule has 0 aliphatic carbocycles. The van der Waals surface area contributed by atoms with E-state index in [-0.39, 0.29) is 17.9 Å². The fourth-order valence-corrected chi connectivity index (χ4v) is 1.91. The molecule has 0 aliphatic heterocycles. The number of ether oxygens (including phenoxy) is 1. The van der Waals surface area contributed by atoms with E-state index in [1.54, 1.807) is 32.9 Å². The Morgan fingerprint density at radius 3 is 2.68 bits per heavy atom. The lowest BCUT2D eigenvalue weighted by Gasteiger charge is -2.33. The molecule has 0 atom stereocenters. The molecule has 1 aromatic carbocycles. The Bertz CT molecular complexity index is 558. The zero-order chi connectivity index (χ0) is 16.8. The monoisotopic (exact) mass is 307 g/mol. The zero-order valence-corrected chi connectivity index (χ0v) is 13.2. The van der Waals surface area contributed by atoms with Crippen molar-refractivity contribution in [1.82, 2.24) is 4.90 Å². The molecule has 0 aromatic heterocycles. The van der Waals surface area contributed by atoms with Gasteiger partial charge in [-0.15, -0.1) is 12.3 Å². The van der Waals surface area contributed by atoms with Gasteiger partial charge in [-0.1, -0.05) is 12.1 Å². The number of amides is 1. The largest absolute Gasteiger partial charge is 0.490 e. The zero-order valence-electron chi connectivity index (χ0n) is 13.2. The van der Waals surface area contributed by atoms with Crippen molar-refractivity contribution in [1.29, 1.82) is 0 Å². The summed E-state index contributed by atoms with van der Waals surface area (Å²) in [5.41, 5.74) is -0.339. The first-order chi connectivity index (χ1) is 10.3. The van der Waals surface area contributed by atoms with Gasteiger partial charge >= 0.3 is 6.09 Å². The molecule has 1 rings (SSSR count). The van der Waals surface area contributed by atoms with Crippen LogP contribution in [0.2, 0.25) is 0 Å². The van der Waals surface area contributed by atoms with E-state index < -0.39 is 17.4 Å². The van der Waals surface area contributed by atoms with Crippen LogP contribution < -0.4 is 4.74 Å². The maximum atomic E-state index is 14.4. The van der Waals surface area contributed by atoms with E-state index in [2.05, 4.69) is 5.92 Å². The second kappa shape index (κ2) is 7.69. The summed E-state index contributed by atoms with van der Waals surface area (Å²) in [4.78, 5) is 12.5. The Morgan fingerprint density at radius 1 is 1.45 bits per heavy atom. The molecule has 0 radical (unpaired) electrons. The molecule has 0 saturated carbocycles. The van der Waals surface area contributed by atoms with E-state index in [0.717, 1.165) is 0 Å². The van der Waals surface area contributed by atoms with Crippen molar-refractivity contribution in [3.63, 3.8) is 0 Å². The lowest BCUT2D eigenvalue weighted by atomic mass is 10.0. The van der Waals surface area contributed by atoms with Gasteiger partial charge in [0.1, 0.15) is 0 Å². The number of benzene rings is 1. The van der Waals surface area contributed by atoms with E-state index in [1.165, 1.54) is 11.0 Å². The van der Waals surface area contributed by atoms with Crippen LogP contribution >= 0.6 is 0 Å². The van der Waals surface area contributed by atoms with E-state index in [4.69, 9.17) is 11.2 Å². The molecule has 1 amide bonds. The highest BCUT2D eigenvalue weighted by atomic mass is 19.1. The molecule has 0 unspecified atom stereocenters. The van der Waals surface area contributed by atoms with E-state index >= 15 is 0 Å². The van der Waals surface area contributed by atoms with Gasteiger partial charge in [-0.2, -0.15) is 0 Å². The number of terminal acetylenes is 1. The van der Waals surface area contributed by atoms with Crippen molar-refractivity contribution >= 4 is 6.09 Å². The Kier molecular flexibility index (Phi) is 6.24. The van der Waals surface area contributed by atoms with E-state index in [1.807, 2.05) is 0 Å². The molecule has 1 aromatic rings. The van der Waals surface area contributed by atoms with Crippen molar-refractivity contribution in [2.45, 2.75) is 45.7 Å². The minimum absolute atomic E-state index is 0.0355. The van der Waals surface area contributed by atoms with Crippen molar-refractivity contribution in [3.8, 4) is 18.1 Å². The number of nitrogens with zero attached hydrogens (tertiary/aromatic N) is 1. The fourth-order valence-electron chi connectivity index (χ4n) is 1.91. The van der Waals surface area contributed by atoms with Gasteiger partial charge in [-0.25, -0.2) is 9.18 Å². The molecule has 1 N–H and O–H groups in total. The minimum Gasteiger partial charge on any atom is -0.490 e. The minimum atomic E-state index is -1.09. The van der Waals surface area contributed by atoms with Crippen LogP contribution in [-0.2, 0) is 6.54 Å². The maximum Gasteiger partial charge on any atom is 0.408 e. The van der Waals surface area contributed by atoms with Crippen LogP contribution in [0, 0.1) is 18.2 Å². The van der Waals surface area contributed by atoms with Crippen LogP contribution in [0.15, 0.2) is 18.2 Å². The summed E-state index contributed by atoms with van der Waals surface area (Å²) in [5.74, 6) is 2.08. The molecule has 0 saturated heterocycles. The third kappa shape index (κ3) is 4.96. The standard InChI is InChI=1S/C17H22FNO3/c1-5-6-7-11-22-14-10-8-9-13(15(14)18)12-19(16(20)21)17(2,3)4/h1,8-10H,6-7,11-12H2,2-4H3,(H,20,21). The lowest BCUT2D eigenvalue weighted by molar-refractivity contribution is 0.0947. The number of unbranched alkanes of at least 4 members (excludes halogenated alkanes) is 1. The highest BCUT2D eigenvalue weighted by molar-refractivity contribution is 5.66. The quantitative estimate of drug-likeness (QED) is 0.640. The molecule has 4 nitrogen and oxygen atoms in total. The van der Waals surface area contributed by atoms with Crippen LogP contribution in [0.3, 0.4) is 0 Å². The summed E-state index contributed by atoms with van der Waals surface area (Å²) in [6, 6.07) is 4.74. The Balaban J connectivity index is 2.88. The maximum absolute atomic E-state index is 14.4. The molecule has 0 bridgehead atoms. The molecule has 0 fully saturated rings. The second-order valence-corrected chi connectivity index (χ2v) is 5.92. The van der Waals surface area contributed by atoms with Crippen molar-refractivity contribution in [2.24, 2.45) is 0 Å². The normalized spacial score (nSPS) is 10.9. The summed E-state index contributed by atoms with van der Waals surface area (Å²) in [6.07, 6.45) is 5.26. The third-order valence-corrected chi connectivity index (χ3v) is 3.14. The fraction of sp³-hybridized carbons (Fsp3) is 0.471. The van der Waals surface area contributed by atoms with E-state index in [9.17, 15) is 14.3 Å². The van der Waals surface area contributed by atoms with Crippen LogP contribution in [0.1, 0.15) is 39.2 Å². The van der Waals surface area contributed by atoms with Crippen molar-refractivity contribution < 1.29 is 19.0 Å². The average molecular weight is 307 g/mol. The highest BCUT2D eigenvalue weighted by Crippen LogP contribution is 2.24. The van der Waals surface area contributed by atoms with Crippen LogP contribution in [0.4, 0.5) is 9.18 Å². The number of rotatable bonds is 6. The number of hydrogen-bond donors (Lipinski definition) is 1. The van der Waals surface area contributed by atoms with Crippen molar-refractivity contribution in [2.75, 3.05) is 6.61 Å². The van der Waals surface area contributed by atoms with Crippen LogP contribution in [0.5, 0.6) is 5.75 Å². The predicted octanol–water partition coefficient (Wildman–Crippen LogP) is 3.90. The summed E-state index contributed by atoms with van der Waals surface area (Å²) in [6.45, 7) is 5.58. The Labute approximate surface area is 130 Å². The highest BCUT2D eigenvalue weighted by Gasteiger charge is 2.27. The van der Waals surface area contributed by atoms with Gasteiger partial charge in [-0.05, 0) is 33.3 Å². The van der Waals surface area contributed by atoms with Gasteiger partial charge in [-0.3, -0.25) is 4.90 Å². The van der Waals surface area contributed by atoms with Gasteiger partial charge < -0.3 is 9.84 Å². The lowest BCUT2D eigenvalue weighted by Crippen LogP contribution is -2.44. The first-order valence-electron chi connectivity index (χ1n) is 7.11. The predicted molar refractivity (Wildman–Crippen MR) is 83.3 cm³/mol. The number of carbonyl (C=O) groups is 1. The Morgan fingerprint density at radius 2 is 2.14 bits per heavy atom. The van der Waals surface area contributed by atoms with Gasteiger partial charge in [0.15, 0.2) is 11.6 Å². The molecule has 0 aliphatic rings. The third-order valence-electron chi connectivity index (χ3n) is 3.14. The molecule has 5 heteroatoms. The molecule has 120 valence electrons. The topological polar surface area (TPSA) is 49.8 Å². The summed E-state index contributed by atoms with van der Waals surface area (Å²) in [5, 5.41) is 9.28. The summed E-state index contributed by atoms with van der Waals surface area (Å²) >= 11 is 0.